The van der Waals surface area contributed by atoms with Gasteiger partial charge in [-0.2, -0.15) is 0 Å². The summed E-state index contributed by atoms with van der Waals surface area (Å²) in [4.78, 5) is 25.6. The van der Waals surface area contributed by atoms with Gasteiger partial charge < -0.3 is 10.2 Å². The molecule has 0 unspecified atom stereocenters. The number of nitrogens with zero attached hydrogens (tertiary/aromatic N) is 1. The second-order valence-corrected chi connectivity index (χ2v) is 8.45. The Balaban J connectivity index is 1.61. The van der Waals surface area contributed by atoms with Crippen LogP contribution < -0.4 is 10.2 Å². The number of rotatable bonds is 4. The number of anilines is 2. The lowest BCUT2D eigenvalue weighted by atomic mass is 10.0. The van der Waals surface area contributed by atoms with Crippen molar-refractivity contribution in [3.8, 4) is 0 Å². The Hall–Kier alpha value is -1.89. The second-order valence-electron chi connectivity index (χ2n) is 6.22. The largest absolute Gasteiger partial charge is 0.326 e. The average Bonchev–Trinajstić information content (AvgIpc) is 3.04. The molecule has 0 aliphatic carbocycles. The van der Waals surface area contributed by atoms with Crippen LogP contribution in [0.5, 0.6) is 0 Å². The van der Waals surface area contributed by atoms with Crippen LogP contribution in [0, 0.1) is 5.92 Å². The first-order valence-electron chi connectivity index (χ1n) is 7.84. The fourth-order valence-electron chi connectivity index (χ4n) is 3.18. The van der Waals surface area contributed by atoms with E-state index in [1.54, 1.807) is 23.1 Å². The van der Waals surface area contributed by atoms with Gasteiger partial charge in [-0.1, -0.05) is 6.07 Å². The van der Waals surface area contributed by atoms with E-state index in [-0.39, 0.29) is 35.7 Å². The molecule has 0 radical (unpaired) electrons. The van der Waals surface area contributed by atoms with Gasteiger partial charge in [-0.3, -0.25) is 9.59 Å². The molecule has 2 saturated heterocycles. The Kier molecular flexibility index (Phi) is 4.39. The zero-order valence-electron chi connectivity index (χ0n) is 12.8. The van der Waals surface area contributed by atoms with Crippen LogP contribution in [0.4, 0.5) is 11.4 Å². The summed E-state index contributed by atoms with van der Waals surface area (Å²) in [5.74, 6) is 0.102. The third-order valence-corrected chi connectivity index (χ3v) is 6.15. The quantitative estimate of drug-likeness (QED) is 0.905. The fourth-order valence-corrected chi connectivity index (χ4v) is 5.04. The normalized spacial score (nSPS) is 23.2. The first-order chi connectivity index (χ1) is 10.9. The second kappa shape index (κ2) is 6.31. The highest BCUT2D eigenvalue weighted by molar-refractivity contribution is 7.91. The van der Waals surface area contributed by atoms with Crippen LogP contribution in [0.25, 0.3) is 0 Å². The Morgan fingerprint density at radius 1 is 1.35 bits per heavy atom. The average molecular weight is 336 g/mol. The molecule has 6 nitrogen and oxygen atoms in total. The SMILES string of the molecule is O=C(C[C@H]1CCS(=O)(=O)C1)Nc1cccc(N2CCCC2=O)c1. The zero-order chi connectivity index (χ0) is 16.4. The summed E-state index contributed by atoms with van der Waals surface area (Å²) in [5.41, 5.74) is 1.42. The Morgan fingerprint density at radius 3 is 2.83 bits per heavy atom. The van der Waals surface area contributed by atoms with Crippen molar-refractivity contribution in [2.24, 2.45) is 5.92 Å². The minimum absolute atomic E-state index is 0.0941. The minimum atomic E-state index is -2.96. The van der Waals surface area contributed by atoms with E-state index < -0.39 is 9.84 Å². The van der Waals surface area contributed by atoms with Crippen LogP contribution in [0.1, 0.15) is 25.7 Å². The third kappa shape index (κ3) is 3.90. The van der Waals surface area contributed by atoms with E-state index in [4.69, 9.17) is 0 Å². The van der Waals surface area contributed by atoms with Crippen molar-refractivity contribution < 1.29 is 18.0 Å². The van der Waals surface area contributed by atoms with Gasteiger partial charge in [-0.05, 0) is 37.0 Å². The van der Waals surface area contributed by atoms with Gasteiger partial charge in [0.1, 0.15) is 0 Å². The van der Waals surface area contributed by atoms with Crippen LogP contribution >= 0.6 is 0 Å². The van der Waals surface area contributed by atoms with Gasteiger partial charge >= 0.3 is 0 Å². The Bertz CT molecular complexity index is 729. The van der Waals surface area contributed by atoms with E-state index >= 15 is 0 Å². The van der Waals surface area contributed by atoms with Gasteiger partial charge in [0.15, 0.2) is 9.84 Å². The monoisotopic (exact) mass is 336 g/mol. The highest BCUT2D eigenvalue weighted by Gasteiger charge is 2.29. The lowest BCUT2D eigenvalue weighted by molar-refractivity contribution is -0.117. The summed E-state index contributed by atoms with van der Waals surface area (Å²) < 4.78 is 22.9. The topological polar surface area (TPSA) is 83.6 Å². The molecule has 2 aliphatic heterocycles. The number of benzene rings is 1. The van der Waals surface area contributed by atoms with Crippen LogP contribution in [-0.4, -0.2) is 38.3 Å². The lowest BCUT2D eigenvalue weighted by Gasteiger charge is -2.17. The van der Waals surface area contributed by atoms with E-state index in [0.717, 1.165) is 12.1 Å². The van der Waals surface area contributed by atoms with E-state index in [2.05, 4.69) is 5.32 Å². The summed E-state index contributed by atoms with van der Waals surface area (Å²) in [7, 11) is -2.96. The molecule has 2 heterocycles. The van der Waals surface area contributed by atoms with Gasteiger partial charge in [-0.15, -0.1) is 0 Å². The molecule has 7 heteroatoms. The first-order valence-corrected chi connectivity index (χ1v) is 9.66. The molecule has 3 rings (SSSR count). The summed E-state index contributed by atoms with van der Waals surface area (Å²) in [6.07, 6.45) is 2.18. The zero-order valence-corrected chi connectivity index (χ0v) is 13.6. The molecule has 0 spiro atoms. The van der Waals surface area contributed by atoms with E-state index in [0.29, 0.717) is 25.1 Å². The fraction of sp³-hybridized carbons (Fsp3) is 0.500. The number of carbonyl (C=O) groups excluding carboxylic acids is 2. The van der Waals surface area contributed by atoms with Crippen molar-refractivity contribution in [3.05, 3.63) is 24.3 Å². The maximum Gasteiger partial charge on any atom is 0.227 e. The van der Waals surface area contributed by atoms with Gasteiger partial charge in [0.25, 0.3) is 0 Å². The molecule has 23 heavy (non-hydrogen) atoms. The molecule has 0 saturated carbocycles. The number of sulfone groups is 1. The van der Waals surface area contributed by atoms with Crippen molar-refractivity contribution in [1.29, 1.82) is 0 Å². The summed E-state index contributed by atoms with van der Waals surface area (Å²) >= 11 is 0. The molecule has 0 aromatic heterocycles. The molecule has 1 aromatic carbocycles. The smallest absolute Gasteiger partial charge is 0.227 e. The number of amides is 2. The van der Waals surface area contributed by atoms with Gasteiger partial charge in [-0.25, -0.2) is 8.42 Å². The summed E-state index contributed by atoms with van der Waals surface area (Å²) in [6, 6.07) is 7.21. The van der Waals surface area contributed by atoms with E-state index in [9.17, 15) is 18.0 Å². The van der Waals surface area contributed by atoms with Gasteiger partial charge in [0, 0.05) is 30.8 Å². The van der Waals surface area contributed by atoms with Crippen LogP contribution in [0.3, 0.4) is 0 Å². The van der Waals surface area contributed by atoms with Crippen molar-refractivity contribution in [1.82, 2.24) is 0 Å². The minimum Gasteiger partial charge on any atom is -0.326 e. The molecular weight excluding hydrogens is 316 g/mol. The molecule has 124 valence electrons. The number of hydrogen-bond acceptors (Lipinski definition) is 4. The molecule has 2 aliphatic rings. The maximum atomic E-state index is 12.1. The highest BCUT2D eigenvalue weighted by Crippen LogP contribution is 2.25. The van der Waals surface area contributed by atoms with E-state index in [1.165, 1.54) is 0 Å². The lowest BCUT2D eigenvalue weighted by Crippen LogP contribution is -2.24. The van der Waals surface area contributed by atoms with Crippen LogP contribution in [0.15, 0.2) is 24.3 Å². The molecule has 1 N–H and O–H groups in total. The van der Waals surface area contributed by atoms with Gasteiger partial charge in [0.05, 0.1) is 11.5 Å². The number of hydrogen-bond donors (Lipinski definition) is 1. The third-order valence-electron chi connectivity index (χ3n) is 4.32. The van der Waals surface area contributed by atoms with E-state index in [1.807, 2.05) is 6.07 Å². The number of carbonyl (C=O) groups is 2. The maximum absolute atomic E-state index is 12.1. The summed E-state index contributed by atoms with van der Waals surface area (Å²) in [6.45, 7) is 0.705. The molecule has 0 bridgehead atoms. The standard InChI is InChI=1S/C16H20N2O4S/c19-15(9-12-6-8-23(21,22)11-12)17-13-3-1-4-14(10-13)18-7-2-5-16(18)20/h1,3-4,10,12H,2,5-9,11H2,(H,17,19)/t12-/m1/s1. The predicted molar refractivity (Wildman–Crippen MR) is 88.0 cm³/mol. The molecule has 1 atom stereocenters. The Labute approximate surface area is 135 Å². The van der Waals surface area contributed by atoms with Crippen molar-refractivity contribution in [2.75, 3.05) is 28.3 Å². The predicted octanol–water partition coefficient (Wildman–Crippen LogP) is 1.58. The Morgan fingerprint density at radius 2 is 2.17 bits per heavy atom. The molecule has 1 aromatic rings. The molecule has 2 fully saturated rings. The van der Waals surface area contributed by atoms with Crippen LogP contribution in [-0.2, 0) is 19.4 Å². The first kappa shape index (κ1) is 16.0. The number of nitrogens with one attached hydrogen (secondary N) is 1. The summed E-state index contributed by atoms with van der Waals surface area (Å²) in [5, 5.41) is 2.80. The van der Waals surface area contributed by atoms with Crippen molar-refractivity contribution in [2.45, 2.75) is 25.7 Å². The van der Waals surface area contributed by atoms with Crippen molar-refractivity contribution in [3.63, 3.8) is 0 Å². The van der Waals surface area contributed by atoms with Crippen molar-refractivity contribution >= 4 is 33.0 Å². The molecular formula is C16H20N2O4S. The van der Waals surface area contributed by atoms with Gasteiger partial charge in [0.2, 0.25) is 11.8 Å². The van der Waals surface area contributed by atoms with Crippen LogP contribution in [0.2, 0.25) is 0 Å². The highest BCUT2D eigenvalue weighted by atomic mass is 32.2. The molecule has 2 amide bonds.